The van der Waals surface area contributed by atoms with Gasteiger partial charge in [-0.3, -0.25) is 9.59 Å². The minimum absolute atomic E-state index is 0.0355. The van der Waals surface area contributed by atoms with Crippen molar-refractivity contribution >= 4 is 17.8 Å². The van der Waals surface area contributed by atoms with E-state index in [0.29, 0.717) is 49.3 Å². The summed E-state index contributed by atoms with van der Waals surface area (Å²) >= 11 is 0. The molecule has 216 valence electrons. The second-order valence-electron chi connectivity index (χ2n) is 12.7. The van der Waals surface area contributed by atoms with E-state index in [4.69, 9.17) is 4.74 Å². The molecule has 5 unspecified atom stereocenters. The third-order valence-corrected chi connectivity index (χ3v) is 10.2. The predicted octanol–water partition coefficient (Wildman–Crippen LogP) is 3.07. The average Bonchev–Trinajstić information content (AvgIpc) is 3.34. The molecule has 1 heterocycles. The molecule has 4 aliphatic rings. The van der Waals surface area contributed by atoms with Crippen LogP contribution in [-0.2, 0) is 19.1 Å². The molecule has 5 atom stereocenters. The molecule has 1 saturated heterocycles. The third kappa shape index (κ3) is 5.40. The molecule has 0 aromatic rings. The molecule has 4 fully saturated rings. The maximum Gasteiger partial charge on any atom is 0.329 e. The smallest absolute Gasteiger partial charge is 0.329 e. The molecule has 0 radical (unpaired) electrons. The van der Waals surface area contributed by atoms with E-state index in [9.17, 15) is 29.7 Å². The van der Waals surface area contributed by atoms with Gasteiger partial charge in [-0.05, 0) is 63.2 Å². The van der Waals surface area contributed by atoms with Crippen molar-refractivity contribution in [2.45, 2.75) is 103 Å². The number of fused-ring (bicyclic) bond motifs is 2. The zero-order valence-electron chi connectivity index (χ0n) is 23.7. The number of hydrogen-bond donors (Lipinski definition) is 4. The van der Waals surface area contributed by atoms with Crippen LogP contribution in [0, 0.1) is 16.7 Å². The van der Waals surface area contributed by atoms with E-state index in [-0.39, 0.29) is 47.6 Å². The van der Waals surface area contributed by atoms with Gasteiger partial charge in [0.2, 0.25) is 11.8 Å². The SMILES string of the molecule is C=C(/C=C\C(CO)=C(/C)O)CC(O)C(=O)NC1(C(=O)N2CCCC2C(=O)OC2CC3CCC2(C)C3(C)C)CC1. The molecule has 2 amide bonds. The van der Waals surface area contributed by atoms with Gasteiger partial charge >= 0.3 is 5.97 Å². The zero-order chi connectivity index (χ0) is 28.8. The van der Waals surface area contributed by atoms with Crippen molar-refractivity contribution in [2.75, 3.05) is 13.2 Å². The molecule has 4 N–H and O–H groups in total. The Labute approximate surface area is 231 Å². The van der Waals surface area contributed by atoms with E-state index >= 15 is 0 Å². The van der Waals surface area contributed by atoms with Crippen molar-refractivity contribution in [1.82, 2.24) is 10.2 Å². The Morgan fingerprint density at radius 2 is 1.85 bits per heavy atom. The Balaban J connectivity index is 1.34. The number of rotatable bonds is 10. The highest BCUT2D eigenvalue weighted by molar-refractivity contribution is 5.97. The maximum atomic E-state index is 13.6. The Morgan fingerprint density at radius 3 is 2.38 bits per heavy atom. The van der Waals surface area contributed by atoms with E-state index < -0.39 is 23.6 Å². The molecule has 0 aromatic heterocycles. The number of allylic oxidation sites excluding steroid dienone is 2. The van der Waals surface area contributed by atoms with E-state index in [0.717, 1.165) is 19.3 Å². The van der Waals surface area contributed by atoms with Crippen LogP contribution in [0.3, 0.4) is 0 Å². The molecule has 3 aliphatic carbocycles. The molecule has 39 heavy (non-hydrogen) atoms. The predicted molar refractivity (Wildman–Crippen MR) is 145 cm³/mol. The zero-order valence-corrected chi connectivity index (χ0v) is 23.7. The highest BCUT2D eigenvalue weighted by Gasteiger charge is 2.63. The minimum Gasteiger partial charge on any atom is -0.512 e. The number of nitrogens with one attached hydrogen (secondary N) is 1. The summed E-state index contributed by atoms with van der Waals surface area (Å²) in [5.41, 5.74) is -0.341. The number of amides is 2. The average molecular weight is 545 g/mol. The first-order valence-electron chi connectivity index (χ1n) is 14.1. The van der Waals surface area contributed by atoms with E-state index in [2.05, 4.69) is 32.7 Å². The minimum atomic E-state index is -1.43. The van der Waals surface area contributed by atoms with Gasteiger partial charge in [-0.1, -0.05) is 45.1 Å². The standard InChI is InChI=1S/C30H44N2O7/c1-18(8-9-20(17-33)19(2)34)15-23(35)25(36)31-30(12-13-30)27(38)32-14-6-7-22(32)26(37)39-24-16-21-10-11-29(24,5)28(21,3)4/h8-9,21-24,33-35H,1,6-7,10-17H2,2-5H3,(H,31,36)/b9-8-,20-19-. The first-order chi connectivity index (χ1) is 18.3. The maximum absolute atomic E-state index is 13.6. The number of nitrogens with zero attached hydrogens (tertiary/aromatic N) is 1. The number of aliphatic hydroxyl groups is 3. The fraction of sp³-hybridized carbons (Fsp3) is 0.700. The van der Waals surface area contributed by atoms with Crippen molar-refractivity contribution in [3.8, 4) is 0 Å². The molecule has 0 spiro atoms. The topological polar surface area (TPSA) is 136 Å². The van der Waals surface area contributed by atoms with Crippen LogP contribution in [0.5, 0.6) is 0 Å². The fourth-order valence-electron chi connectivity index (χ4n) is 6.81. The number of ether oxygens (including phenoxy) is 1. The van der Waals surface area contributed by atoms with Gasteiger partial charge in [0.05, 0.1) is 12.4 Å². The molecule has 0 aromatic carbocycles. The Kier molecular flexibility index (Phi) is 8.07. The van der Waals surface area contributed by atoms with Crippen LogP contribution in [0.15, 0.2) is 35.6 Å². The second kappa shape index (κ2) is 10.7. The second-order valence-corrected chi connectivity index (χ2v) is 12.7. The van der Waals surface area contributed by atoms with E-state index in [1.165, 1.54) is 19.1 Å². The molecule has 1 aliphatic heterocycles. The van der Waals surface area contributed by atoms with E-state index in [1.54, 1.807) is 4.90 Å². The normalized spacial score (nSPS) is 31.6. The number of carbonyl (C=O) groups excluding carboxylic acids is 3. The molecule has 9 heteroatoms. The van der Waals surface area contributed by atoms with Crippen LogP contribution in [0.25, 0.3) is 0 Å². The Hall–Kier alpha value is -2.65. The lowest BCUT2D eigenvalue weighted by atomic mass is 9.70. The molecular formula is C30H44N2O7. The summed E-state index contributed by atoms with van der Waals surface area (Å²) in [6.45, 7) is 12.1. The van der Waals surface area contributed by atoms with Gasteiger partial charge < -0.3 is 30.3 Å². The van der Waals surface area contributed by atoms with Gasteiger partial charge in [-0.15, -0.1) is 0 Å². The largest absolute Gasteiger partial charge is 0.512 e. The molecule has 2 bridgehead atoms. The lowest BCUT2D eigenvalue weighted by Crippen LogP contribution is -2.55. The van der Waals surface area contributed by atoms with Crippen LogP contribution < -0.4 is 5.32 Å². The van der Waals surface area contributed by atoms with Gasteiger partial charge in [0.25, 0.3) is 0 Å². The van der Waals surface area contributed by atoms with Crippen LogP contribution in [0.1, 0.15) is 79.1 Å². The summed E-state index contributed by atoms with van der Waals surface area (Å²) in [4.78, 5) is 41.2. The third-order valence-electron chi connectivity index (χ3n) is 10.2. The van der Waals surface area contributed by atoms with Gasteiger partial charge in [0.1, 0.15) is 23.8 Å². The number of esters is 1. The quantitative estimate of drug-likeness (QED) is 0.188. The van der Waals surface area contributed by atoms with Crippen LogP contribution >= 0.6 is 0 Å². The fourth-order valence-corrected chi connectivity index (χ4v) is 6.81. The molecule has 9 nitrogen and oxygen atoms in total. The molecular weight excluding hydrogens is 500 g/mol. The van der Waals surface area contributed by atoms with Crippen molar-refractivity contribution in [1.29, 1.82) is 0 Å². The van der Waals surface area contributed by atoms with Crippen molar-refractivity contribution in [3.05, 3.63) is 35.6 Å². The molecule has 4 rings (SSSR count). The van der Waals surface area contributed by atoms with Crippen LogP contribution in [0.4, 0.5) is 0 Å². The number of likely N-dealkylation sites (tertiary alicyclic amines) is 1. The summed E-state index contributed by atoms with van der Waals surface area (Å²) < 4.78 is 6.10. The summed E-state index contributed by atoms with van der Waals surface area (Å²) in [7, 11) is 0. The van der Waals surface area contributed by atoms with Gasteiger partial charge in [-0.2, -0.15) is 0 Å². The number of carbonyl (C=O) groups is 3. The van der Waals surface area contributed by atoms with Crippen LogP contribution in [0.2, 0.25) is 0 Å². The lowest BCUT2D eigenvalue weighted by molar-refractivity contribution is -0.165. The Bertz CT molecular complexity index is 1080. The summed E-state index contributed by atoms with van der Waals surface area (Å²) in [5.74, 6) is -0.822. The number of aliphatic hydroxyl groups excluding tert-OH is 3. The number of hydrogen-bond acceptors (Lipinski definition) is 7. The summed E-state index contributed by atoms with van der Waals surface area (Å²) in [6, 6.07) is -0.656. The first-order valence-corrected chi connectivity index (χ1v) is 14.1. The van der Waals surface area contributed by atoms with Crippen molar-refractivity contribution < 1.29 is 34.4 Å². The van der Waals surface area contributed by atoms with Gasteiger partial charge in [-0.25, -0.2) is 4.79 Å². The first kappa shape index (κ1) is 29.3. The van der Waals surface area contributed by atoms with Crippen molar-refractivity contribution in [3.63, 3.8) is 0 Å². The summed E-state index contributed by atoms with van der Waals surface area (Å²) in [5, 5.41) is 32.0. The Morgan fingerprint density at radius 1 is 1.15 bits per heavy atom. The van der Waals surface area contributed by atoms with E-state index in [1.807, 2.05) is 0 Å². The van der Waals surface area contributed by atoms with Gasteiger partial charge in [0.15, 0.2) is 0 Å². The lowest BCUT2D eigenvalue weighted by Gasteiger charge is -2.39. The monoisotopic (exact) mass is 544 g/mol. The highest BCUT2D eigenvalue weighted by atomic mass is 16.5. The van der Waals surface area contributed by atoms with Crippen molar-refractivity contribution in [2.24, 2.45) is 16.7 Å². The summed E-state index contributed by atoms with van der Waals surface area (Å²) in [6.07, 6.45) is 6.52. The highest BCUT2D eigenvalue weighted by Crippen LogP contribution is 2.66. The molecule has 3 saturated carbocycles. The van der Waals surface area contributed by atoms with Gasteiger partial charge in [0, 0.05) is 24.0 Å². The van der Waals surface area contributed by atoms with Crippen LogP contribution in [-0.4, -0.2) is 74.9 Å².